The van der Waals surface area contributed by atoms with Crippen molar-refractivity contribution in [2.45, 2.75) is 131 Å². The summed E-state index contributed by atoms with van der Waals surface area (Å²) < 4.78 is 0. The van der Waals surface area contributed by atoms with Gasteiger partial charge in [0, 0.05) is 41.2 Å². The van der Waals surface area contributed by atoms with Crippen LogP contribution in [-0.2, 0) is 14.4 Å². The van der Waals surface area contributed by atoms with Gasteiger partial charge in [0.1, 0.15) is 17.3 Å². The Hall–Kier alpha value is -0.680. The van der Waals surface area contributed by atoms with Gasteiger partial charge in [-0.3, -0.25) is 14.4 Å². The molecule has 5 heteroatoms. The summed E-state index contributed by atoms with van der Waals surface area (Å²) in [6.07, 6.45) is 3.30. The smallest absolute Gasteiger partial charge is 0.142 e. The molecule has 1 N–H and O–H groups in total. The molecule has 0 aliphatic rings. The van der Waals surface area contributed by atoms with Crippen molar-refractivity contribution in [3.63, 3.8) is 0 Å². The molecule has 0 amide bonds. The van der Waals surface area contributed by atoms with Crippen molar-refractivity contribution in [3.05, 3.63) is 0 Å². The lowest BCUT2D eigenvalue weighted by atomic mass is 9.76. The van der Waals surface area contributed by atoms with Crippen LogP contribution in [0.4, 0.5) is 0 Å². The van der Waals surface area contributed by atoms with Crippen molar-refractivity contribution in [2.75, 3.05) is 5.75 Å². The van der Waals surface area contributed by atoms with Crippen molar-refractivity contribution in [3.8, 4) is 0 Å². The largest absolute Gasteiger partial charge is 0.307 e. The van der Waals surface area contributed by atoms with Gasteiger partial charge < -0.3 is 5.32 Å². The first-order valence-corrected chi connectivity index (χ1v) is 12.8. The summed E-state index contributed by atoms with van der Waals surface area (Å²) in [6, 6.07) is 0. The first-order valence-electron chi connectivity index (χ1n) is 11.8. The Bertz CT molecular complexity index is 574. The maximum atomic E-state index is 12.7. The summed E-state index contributed by atoms with van der Waals surface area (Å²) in [5.41, 5.74) is -1.39. The summed E-state index contributed by atoms with van der Waals surface area (Å²) in [4.78, 5) is 38.0. The number of carbonyl (C=O) groups is 3. The summed E-state index contributed by atoms with van der Waals surface area (Å²) >= 11 is 1.67. The highest BCUT2D eigenvalue weighted by Crippen LogP contribution is 2.32. The van der Waals surface area contributed by atoms with E-state index in [4.69, 9.17) is 0 Å². The first kappa shape index (κ1) is 30.3. The van der Waals surface area contributed by atoms with Gasteiger partial charge in [-0.15, -0.1) is 0 Å². The van der Waals surface area contributed by atoms with Crippen LogP contribution in [0.15, 0.2) is 0 Å². The fourth-order valence-corrected chi connectivity index (χ4v) is 4.19. The molecule has 0 aromatic rings. The third-order valence-electron chi connectivity index (χ3n) is 5.43. The van der Waals surface area contributed by atoms with E-state index in [0.717, 1.165) is 0 Å². The van der Waals surface area contributed by atoms with E-state index in [2.05, 4.69) is 39.9 Å². The fourth-order valence-electron chi connectivity index (χ4n) is 3.52. The summed E-state index contributed by atoms with van der Waals surface area (Å²) in [5, 5.41) is 4.17. The van der Waals surface area contributed by atoms with Gasteiger partial charge in [-0.05, 0) is 45.3 Å². The second-order valence-electron chi connectivity index (χ2n) is 12.4. The van der Waals surface area contributed by atoms with E-state index >= 15 is 0 Å². The molecule has 0 spiro atoms. The molecule has 0 heterocycles. The van der Waals surface area contributed by atoms with Gasteiger partial charge in [-0.1, -0.05) is 55.4 Å². The zero-order valence-corrected chi connectivity index (χ0v) is 23.0. The zero-order chi connectivity index (χ0) is 24.7. The van der Waals surface area contributed by atoms with Crippen LogP contribution in [-0.4, -0.2) is 39.4 Å². The predicted molar refractivity (Wildman–Crippen MR) is 135 cm³/mol. The van der Waals surface area contributed by atoms with E-state index in [1.54, 1.807) is 11.8 Å². The van der Waals surface area contributed by atoms with Crippen LogP contribution in [0.5, 0.6) is 0 Å². The molecular formula is C26H49NO3S. The lowest BCUT2D eigenvalue weighted by Gasteiger charge is -2.42. The van der Waals surface area contributed by atoms with Gasteiger partial charge in [0.2, 0.25) is 0 Å². The van der Waals surface area contributed by atoms with E-state index in [1.165, 1.54) is 0 Å². The Labute approximate surface area is 196 Å². The number of hydrogen-bond acceptors (Lipinski definition) is 5. The number of hydrogen-bond donors (Lipinski definition) is 1. The summed E-state index contributed by atoms with van der Waals surface area (Å²) in [5.74, 6) is 1.20. The van der Waals surface area contributed by atoms with Crippen molar-refractivity contribution in [1.29, 1.82) is 0 Å². The Balaban J connectivity index is 5.68. The van der Waals surface area contributed by atoms with Crippen LogP contribution in [0.3, 0.4) is 0 Å². The van der Waals surface area contributed by atoms with Gasteiger partial charge in [0.05, 0.1) is 5.75 Å². The minimum absolute atomic E-state index is 0.189. The van der Waals surface area contributed by atoms with Crippen LogP contribution in [0.1, 0.15) is 115 Å². The Morgan fingerprint density at radius 1 is 0.710 bits per heavy atom. The van der Waals surface area contributed by atoms with Crippen LogP contribution >= 0.6 is 11.8 Å². The topological polar surface area (TPSA) is 63.2 Å². The standard InChI is InChI=1S/C26H49NO3S/c1-19(2)31-18-20(28)12-15-26(27-25(9,10)11,16-13-21(29)23(3,4)5)17-14-22(30)24(6,7)8/h19,27H,12-18H2,1-11H3. The Morgan fingerprint density at radius 2 is 1.10 bits per heavy atom. The average molecular weight is 456 g/mol. The second kappa shape index (κ2) is 12.0. The molecule has 0 unspecified atom stereocenters. The monoisotopic (exact) mass is 455 g/mol. The number of carbonyl (C=O) groups excluding carboxylic acids is 3. The normalized spacial score (nSPS) is 13.5. The highest BCUT2D eigenvalue weighted by atomic mass is 32.2. The Kier molecular flexibility index (Phi) is 11.7. The molecule has 0 fully saturated rings. The molecule has 0 atom stereocenters. The zero-order valence-electron chi connectivity index (χ0n) is 22.2. The first-order chi connectivity index (χ1) is 13.8. The quantitative estimate of drug-likeness (QED) is 0.348. The minimum Gasteiger partial charge on any atom is -0.307 e. The van der Waals surface area contributed by atoms with Crippen molar-refractivity contribution < 1.29 is 14.4 Å². The highest BCUT2D eigenvalue weighted by Gasteiger charge is 2.37. The highest BCUT2D eigenvalue weighted by molar-refractivity contribution is 8.00. The molecule has 0 aromatic heterocycles. The number of thioether (sulfide) groups is 1. The molecular weight excluding hydrogens is 406 g/mol. The maximum absolute atomic E-state index is 12.7. The summed E-state index contributed by atoms with van der Waals surface area (Å²) in [7, 11) is 0. The van der Waals surface area contributed by atoms with Crippen molar-refractivity contribution in [1.82, 2.24) is 5.32 Å². The third kappa shape index (κ3) is 13.5. The van der Waals surface area contributed by atoms with E-state index in [9.17, 15) is 14.4 Å². The molecule has 0 saturated carbocycles. The molecule has 0 saturated heterocycles. The molecule has 31 heavy (non-hydrogen) atoms. The molecule has 0 radical (unpaired) electrons. The van der Waals surface area contributed by atoms with E-state index in [1.807, 2.05) is 41.5 Å². The maximum Gasteiger partial charge on any atom is 0.142 e. The minimum atomic E-state index is -0.418. The number of ketones is 3. The SMILES string of the molecule is CC(C)SCC(=O)CCC(CCC(=O)C(C)(C)C)(CCC(=O)C(C)(C)C)NC(C)(C)C. The lowest BCUT2D eigenvalue weighted by molar-refractivity contribution is -0.127. The molecule has 0 aromatic carbocycles. The molecule has 0 rings (SSSR count). The lowest BCUT2D eigenvalue weighted by Crippen LogP contribution is -2.55. The van der Waals surface area contributed by atoms with Gasteiger partial charge in [-0.2, -0.15) is 11.8 Å². The number of rotatable bonds is 13. The van der Waals surface area contributed by atoms with Crippen LogP contribution in [0.25, 0.3) is 0 Å². The second-order valence-corrected chi connectivity index (χ2v) is 14.0. The predicted octanol–water partition coefficient (Wildman–Crippen LogP) is 6.40. The average Bonchev–Trinajstić information content (AvgIpc) is 2.57. The molecule has 0 aliphatic heterocycles. The molecule has 182 valence electrons. The van der Waals surface area contributed by atoms with Crippen LogP contribution in [0.2, 0.25) is 0 Å². The van der Waals surface area contributed by atoms with Crippen LogP contribution < -0.4 is 5.32 Å². The number of Topliss-reactive ketones (excluding diaryl/α,β-unsaturated/α-hetero) is 3. The number of nitrogens with one attached hydrogen (secondary N) is 1. The fraction of sp³-hybridized carbons (Fsp3) is 0.885. The van der Waals surface area contributed by atoms with E-state index < -0.39 is 16.4 Å². The van der Waals surface area contributed by atoms with E-state index in [0.29, 0.717) is 49.5 Å². The van der Waals surface area contributed by atoms with Crippen molar-refractivity contribution in [2.24, 2.45) is 10.8 Å². The van der Waals surface area contributed by atoms with Gasteiger partial charge in [0.15, 0.2) is 0 Å². The molecule has 0 bridgehead atoms. The van der Waals surface area contributed by atoms with Crippen molar-refractivity contribution >= 4 is 29.1 Å². The third-order valence-corrected chi connectivity index (χ3v) is 6.59. The van der Waals surface area contributed by atoms with Gasteiger partial charge in [0.25, 0.3) is 0 Å². The Morgan fingerprint density at radius 3 is 1.42 bits per heavy atom. The molecule has 0 aliphatic carbocycles. The van der Waals surface area contributed by atoms with Crippen LogP contribution in [0, 0.1) is 10.8 Å². The van der Waals surface area contributed by atoms with E-state index in [-0.39, 0.29) is 22.9 Å². The van der Waals surface area contributed by atoms with Gasteiger partial charge >= 0.3 is 0 Å². The van der Waals surface area contributed by atoms with Gasteiger partial charge in [-0.25, -0.2) is 0 Å². The summed E-state index contributed by atoms with van der Waals surface area (Å²) in [6.45, 7) is 22.2. The molecule has 4 nitrogen and oxygen atoms in total.